The number of carboxylic acids is 1. The Labute approximate surface area is 141 Å². The topological polar surface area (TPSA) is 111 Å². The number of anilines is 1. The van der Waals surface area contributed by atoms with Gasteiger partial charge in [0.1, 0.15) is 12.3 Å². The fraction of sp³-hybridized carbons (Fsp3) is 0.118. The molecule has 2 aromatic carbocycles. The molecule has 0 aliphatic heterocycles. The minimum atomic E-state index is -1.13. The Hall–Kier alpha value is -3.55. The van der Waals surface area contributed by atoms with Crippen LogP contribution in [0.5, 0.6) is 5.75 Å². The van der Waals surface area contributed by atoms with Crippen molar-refractivity contribution in [2.24, 2.45) is 0 Å². The smallest absolute Gasteiger partial charge is 0.420 e. The molecule has 0 radical (unpaired) electrons. The third-order valence-corrected chi connectivity index (χ3v) is 3.60. The summed E-state index contributed by atoms with van der Waals surface area (Å²) in [6.07, 6.45) is 0. The van der Waals surface area contributed by atoms with Crippen LogP contribution in [0.1, 0.15) is 10.4 Å². The number of aromatic nitrogens is 1. The van der Waals surface area contributed by atoms with Crippen molar-refractivity contribution in [3.8, 4) is 5.75 Å². The monoisotopic (exact) mass is 342 g/mol. The number of carbonyl (C=O) groups excluding carboxylic acids is 1. The third kappa shape index (κ3) is 3.23. The molecule has 0 unspecified atom stereocenters. The molecular formula is C17H14N2O6. The number of hydrogen-bond donors (Lipinski definition) is 2. The Morgan fingerprint density at radius 2 is 2.00 bits per heavy atom. The van der Waals surface area contributed by atoms with Crippen LogP contribution in [-0.2, 0) is 11.3 Å². The number of amides is 1. The molecule has 0 spiro atoms. The Morgan fingerprint density at radius 1 is 1.24 bits per heavy atom. The Bertz CT molecular complexity index is 1020. The van der Waals surface area contributed by atoms with E-state index in [9.17, 15) is 14.4 Å². The van der Waals surface area contributed by atoms with Crippen LogP contribution in [0.3, 0.4) is 0 Å². The van der Waals surface area contributed by atoms with E-state index in [0.717, 1.165) is 4.57 Å². The van der Waals surface area contributed by atoms with E-state index in [1.807, 2.05) is 0 Å². The fourth-order valence-electron chi connectivity index (χ4n) is 2.43. The largest absolute Gasteiger partial charge is 0.495 e. The van der Waals surface area contributed by atoms with Gasteiger partial charge in [0.25, 0.3) is 0 Å². The second kappa shape index (κ2) is 6.52. The van der Waals surface area contributed by atoms with E-state index in [1.54, 1.807) is 24.3 Å². The van der Waals surface area contributed by atoms with Crippen molar-refractivity contribution >= 4 is 28.7 Å². The Morgan fingerprint density at radius 3 is 2.72 bits per heavy atom. The van der Waals surface area contributed by atoms with Crippen LogP contribution in [0.15, 0.2) is 51.7 Å². The molecule has 0 saturated carbocycles. The predicted molar refractivity (Wildman–Crippen MR) is 89.1 cm³/mol. The van der Waals surface area contributed by atoms with E-state index in [0.29, 0.717) is 17.0 Å². The van der Waals surface area contributed by atoms with Crippen molar-refractivity contribution in [3.63, 3.8) is 0 Å². The average molecular weight is 342 g/mol. The minimum Gasteiger partial charge on any atom is -0.495 e. The molecule has 0 aliphatic rings. The number of benzene rings is 2. The molecule has 8 nitrogen and oxygen atoms in total. The molecule has 0 atom stereocenters. The quantitative estimate of drug-likeness (QED) is 0.733. The molecular weight excluding hydrogens is 328 g/mol. The maximum absolute atomic E-state index is 12.3. The number of carbonyl (C=O) groups is 2. The van der Waals surface area contributed by atoms with Gasteiger partial charge in [-0.2, -0.15) is 0 Å². The zero-order chi connectivity index (χ0) is 18.0. The first-order valence-electron chi connectivity index (χ1n) is 7.29. The number of nitrogens with zero attached hydrogens (tertiary/aromatic N) is 1. The van der Waals surface area contributed by atoms with Crippen molar-refractivity contribution < 1.29 is 23.8 Å². The number of nitrogens with one attached hydrogen (secondary N) is 1. The maximum atomic E-state index is 12.3. The zero-order valence-electron chi connectivity index (χ0n) is 13.2. The van der Waals surface area contributed by atoms with Crippen molar-refractivity contribution in [3.05, 3.63) is 58.6 Å². The highest BCUT2D eigenvalue weighted by atomic mass is 16.5. The molecule has 8 heteroatoms. The standard InChI is InChI=1S/C17H14N2O6/c1-24-13-5-3-2-4-11(13)18-15(20)9-19-12-7-6-10(16(21)22)8-14(12)25-17(19)23/h2-8H,9H2,1H3,(H,18,20)(H,21,22). The van der Waals surface area contributed by atoms with E-state index in [2.05, 4.69) is 5.32 Å². The highest BCUT2D eigenvalue weighted by Crippen LogP contribution is 2.23. The van der Waals surface area contributed by atoms with Gasteiger partial charge in [0.15, 0.2) is 5.58 Å². The number of para-hydroxylation sites is 2. The SMILES string of the molecule is COc1ccccc1NC(=O)Cn1c(=O)oc2cc(C(=O)O)ccc21. The van der Waals surface area contributed by atoms with E-state index < -0.39 is 17.6 Å². The maximum Gasteiger partial charge on any atom is 0.420 e. The normalized spacial score (nSPS) is 10.6. The summed E-state index contributed by atoms with van der Waals surface area (Å²) in [5.74, 6) is -1.83. The molecule has 1 amide bonds. The summed E-state index contributed by atoms with van der Waals surface area (Å²) in [6, 6.07) is 10.9. The lowest BCUT2D eigenvalue weighted by atomic mass is 10.2. The number of carboxylic acid groups (broad SMARTS) is 1. The number of oxazole rings is 1. The molecule has 0 aliphatic carbocycles. The van der Waals surface area contributed by atoms with Crippen LogP contribution in [0, 0.1) is 0 Å². The van der Waals surface area contributed by atoms with Gasteiger partial charge in [-0.1, -0.05) is 12.1 Å². The van der Waals surface area contributed by atoms with Crippen LogP contribution >= 0.6 is 0 Å². The minimum absolute atomic E-state index is 0.00752. The van der Waals surface area contributed by atoms with E-state index in [4.69, 9.17) is 14.3 Å². The van der Waals surface area contributed by atoms with Crippen LogP contribution in [0.2, 0.25) is 0 Å². The number of methoxy groups -OCH3 is 1. The molecule has 1 aromatic heterocycles. The number of hydrogen-bond acceptors (Lipinski definition) is 5. The van der Waals surface area contributed by atoms with Crippen LogP contribution in [-0.4, -0.2) is 28.7 Å². The first-order valence-corrected chi connectivity index (χ1v) is 7.29. The number of aromatic carboxylic acids is 1. The van der Waals surface area contributed by atoms with Crippen molar-refractivity contribution in [2.45, 2.75) is 6.54 Å². The van der Waals surface area contributed by atoms with Crippen molar-refractivity contribution in [2.75, 3.05) is 12.4 Å². The Kier molecular flexibility index (Phi) is 4.25. The van der Waals surface area contributed by atoms with Gasteiger partial charge in [-0.15, -0.1) is 0 Å². The number of fused-ring (bicyclic) bond motifs is 1. The van der Waals surface area contributed by atoms with Gasteiger partial charge in [-0.25, -0.2) is 9.59 Å². The van der Waals surface area contributed by atoms with Gasteiger partial charge < -0.3 is 19.6 Å². The summed E-state index contributed by atoms with van der Waals surface area (Å²) in [6.45, 7) is -0.281. The molecule has 0 fully saturated rings. The lowest BCUT2D eigenvalue weighted by molar-refractivity contribution is -0.116. The van der Waals surface area contributed by atoms with Gasteiger partial charge in [-0.05, 0) is 30.3 Å². The van der Waals surface area contributed by atoms with Crippen LogP contribution < -0.4 is 15.8 Å². The number of ether oxygens (including phenoxy) is 1. The predicted octanol–water partition coefficient (Wildman–Crippen LogP) is 1.94. The molecule has 25 heavy (non-hydrogen) atoms. The molecule has 1 heterocycles. The summed E-state index contributed by atoms with van der Waals surface area (Å²) >= 11 is 0. The molecule has 2 N–H and O–H groups in total. The third-order valence-electron chi connectivity index (χ3n) is 3.60. The average Bonchev–Trinajstić information content (AvgIpc) is 2.90. The lowest BCUT2D eigenvalue weighted by Crippen LogP contribution is -2.24. The van der Waals surface area contributed by atoms with E-state index in [1.165, 1.54) is 25.3 Å². The zero-order valence-corrected chi connectivity index (χ0v) is 13.2. The van der Waals surface area contributed by atoms with E-state index >= 15 is 0 Å². The molecule has 3 rings (SSSR count). The van der Waals surface area contributed by atoms with Gasteiger partial charge in [0.2, 0.25) is 5.91 Å². The Balaban J connectivity index is 1.87. The van der Waals surface area contributed by atoms with Gasteiger partial charge >= 0.3 is 11.7 Å². The van der Waals surface area contributed by atoms with Gasteiger partial charge in [-0.3, -0.25) is 9.36 Å². The first-order chi connectivity index (χ1) is 12.0. The van der Waals surface area contributed by atoms with Crippen molar-refractivity contribution in [1.29, 1.82) is 0 Å². The second-order valence-electron chi connectivity index (χ2n) is 5.19. The van der Waals surface area contributed by atoms with Gasteiger partial charge in [0, 0.05) is 0 Å². The summed E-state index contributed by atoms with van der Waals surface area (Å²) in [5, 5.41) is 11.6. The molecule has 128 valence electrons. The summed E-state index contributed by atoms with van der Waals surface area (Å²) in [7, 11) is 1.49. The van der Waals surface area contributed by atoms with Crippen molar-refractivity contribution in [1.82, 2.24) is 4.57 Å². The second-order valence-corrected chi connectivity index (χ2v) is 5.19. The molecule has 0 saturated heterocycles. The summed E-state index contributed by atoms with van der Waals surface area (Å²) < 4.78 is 11.3. The lowest BCUT2D eigenvalue weighted by Gasteiger charge is -2.09. The summed E-state index contributed by atoms with van der Waals surface area (Å²) in [5.41, 5.74) is 0.913. The van der Waals surface area contributed by atoms with E-state index in [-0.39, 0.29) is 17.7 Å². The van der Waals surface area contributed by atoms with Crippen LogP contribution in [0.25, 0.3) is 11.1 Å². The van der Waals surface area contributed by atoms with Gasteiger partial charge in [0.05, 0.1) is 23.9 Å². The molecule has 0 bridgehead atoms. The summed E-state index contributed by atoms with van der Waals surface area (Å²) in [4.78, 5) is 35.2. The van der Waals surface area contributed by atoms with Crippen LogP contribution in [0.4, 0.5) is 5.69 Å². The highest BCUT2D eigenvalue weighted by Gasteiger charge is 2.15. The highest BCUT2D eigenvalue weighted by molar-refractivity contribution is 5.94. The molecule has 3 aromatic rings. The fourth-order valence-corrected chi connectivity index (χ4v) is 2.43. The first kappa shape index (κ1) is 16.3. The number of rotatable bonds is 5.